The lowest BCUT2D eigenvalue weighted by molar-refractivity contribution is -0.142. The fourth-order valence-corrected chi connectivity index (χ4v) is 7.12. The number of aliphatic hydroxyl groups is 1. The molecule has 2 aromatic rings. The molecule has 6 rings (SSSR count). The summed E-state index contributed by atoms with van der Waals surface area (Å²) in [7, 11) is 0. The lowest BCUT2D eigenvalue weighted by Crippen LogP contribution is -2.56. The van der Waals surface area contributed by atoms with Gasteiger partial charge in [-0.1, -0.05) is 23.9 Å². The number of carbonyl (C=O) groups is 1. The largest absolute Gasteiger partial charge is 0.394 e. The van der Waals surface area contributed by atoms with Crippen molar-refractivity contribution in [2.75, 3.05) is 26.4 Å². The van der Waals surface area contributed by atoms with E-state index in [-0.39, 0.29) is 30.2 Å². The second-order valence-electron chi connectivity index (χ2n) is 9.66. The third-order valence-electron chi connectivity index (χ3n) is 7.64. The lowest BCUT2D eigenvalue weighted by Gasteiger charge is -2.46. The van der Waals surface area contributed by atoms with Gasteiger partial charge in [0.05, 0.1) is 42.7 Å². The van der Waals surface area contributed by atoms with Gasteiger partial charge in [0.1, 0.15) is 16.6 Å². The summed E-state index contributed by atoms with van der Waals surface area (Å²) in [6.45, 7) is 1.06. The maximum atomic E-state index is 14.9. The topological polar surface area (TPSA) is 125 Å². The minimum Gasteiger partial charge on any atom is -0.394 e. The molecule has 0 radical (unpaired) electrons. The van der Waals surface area contributed by atoms with Crippen LogP contribution in [0.15, 0.2) is 41.5 Å². The number of aliphatic imine (C=N–C) groups is 1. The molecular formula is C26H24FN5O3S. The van der Waals surface area contributed by atoms with Gasteiger partial charge in [-0.2, -0.15) is 5.26 Å². The zero-order valence-corrected chi connectivity index (χ0v) is 20.2. The summed E-state index contributed by atoms with van der Waals surface area (Å²) in [4.78, 5) is 24.3. The van der Waals surface area contributed by atoms with Gasteiger partial charge in [-0.15, -0.1) is 0 Å². The molecule has 10 heteroatoms. The molecule has 3 heterocycles. The van der Waals surface area contributed by atoms with Crippen LogP contribution in [0.1, 0.15) is 34.4 Å². The van der Waals surface area contributed by atoms with Gasteiger partial charge in [0.25, 0.3) is 0 Å². The van der Waals surface area contributed by atoms with Crippen molar-refractivity contribution in [2.24, 2.45) is 16.6 Å². The number of amidine groups is 1. The number of benzene rings is 1. The van der Waals surface area contributed by atoms with Crippen LogP contribution >= 0.6 is 11.8 Å². The van der Waals surface area contributed by atoms with E-state index in [1.807, 2.05) is 24.3 Å². The Morgan fingerprint density at radius 1 is 1.42 bits per heavy atom. The predicted molar refractivity (Wildman–Crippen MR) is 133 cm³/mol. The van der Waals surface area contributed by atoms with Gasteiger partial charge in [-0.3, -0.25) is 14.8 Å². The van der Waals surface area contributed by atoms with Crippen molar-refractivity contribution in [3.8, 4) is 6.07 Å². The molecule has 0 unspecified atom stereocenters. The summed E-state index contributed by atoms with van der Waals surface area (Å²) in [5, 5.41) is 19.1. The van der Waals surface area contributed by atoms with Crippen LogP contribution in [0.5, 0.6) is 0 Å². The quantitative estimate of drug-likeness (QED) is 0.653. The number of hydrogen-bond donors (Lipinski definition) is 2. The number of nitrogens with zero attached hydrogens (tertiary/aromatic N) is 4. The average Bonchev–Trinajstić information content (AvgIpc) is 3.64. The maximum Gasteiger partial charge on any atom is 0.240 e. The van der Waals surface area contributed by atoms with Crippen molar-refractivity contribution < 1.29 is 19.0 Å². The number of nitrogens with two attached hydrogens (primary N) is 1. The van der Waals surface area contributed by atoms with Crippen LogP contribution in [0.4, 0.5) is 4.39 Å². The molecule has 2 aliphatic carbocycles. The van der Waals surface area contributed by atoms with E-state index < -0.39 is 16.1 Å². The summed E-state index contributed by atoms with van der Waals surface area (Å²) in [6, 6.07) is 10.4. The Kier molecular flexibility index (Phi) is 5.41. The summed E-state index contributed by atoms with van der Waals surface area (Å²) < 4.78 is 19.7. The number of hydrogen-bond acceptors (Lipinski definition) is 8. The van der Waals surface area contributed by atoms with Gasteiger partial charge in [-0.25, -0.2) is 4.39 Å². The number of pyridine rings is 1. The first-order chi connectivity index (χ1) is 17.4. The third kappa shape index (κ3) is 3.45. The molecule has 1 aromatic carbocycles. The Morgan fingerprint density at radius 3 is 3.03 bits per heavy atom. The SMILES string of the molecule is N#Cc1ccc(/C(F)=C/c2ccc3c(c2)[C@@]2(C3)N=C(N)S[C@@]3(C(=O)N4CCOC[C@@H]4CO)C[C@H]32)nc1. The molecule has 2 aliphatic heterocycles. The third-order valence-corrected chi connectivity index (χ3v) is 8.93. The molecule has 0 bridgehead atoms. The van der Waals surface area contributed by atoms with Crippen molar-refractivity contribution in [2.45, 2.75) is 29.2 Å². The van der Waals surface area contributed by atoms with E-state index in [2.05, 4.69) is 4.98 Å². The first-order valence-corrected chi connectivity index (χ1v) is 12.6. The summed E-state index contributed by atoms with van der Waals surface area (Å²) in [5.74, 6) is -0.540. The highest BCUT2D eigenvalue weighted by molar-refractivity contribution is 8.15. The van der Waals surface area contributed by atoms with Crippen LogP contribution in [0.2, 0.25) is 0 Å². The molecule has 1 saturated carbocycles. The number of carbonyl (C=O) groups excluding carboxylic acids is 1. The van der Waals surface area contributed by atoms with E-state index in [1.54, 1.807) is 4.90 Å². The van der Waals surface area contributed by atoms with E-state index in [4.69, 9.17) is 20.7 Å². The van der Waals surface area contributed by atoms with Gasteiger partial charge in [-0.05, 0) is 47.4 Å². The summed E-state index contributed by atoms with van der Waals surface area (Å²) in [5.41, 5.74) is 8.96. The van der Waals surface area contributed by atoms with Gasteiger partial charge in [0, 0.05) is 25.1 Å². The Balaban J connectivity index is 1.30. The number of amides is 1. The highest BCUT2D eigenvalue weighted by atomic mass is 32.2. The van der Waals surface area contributed by atoms with Crippen LogP contribution < -0.4 is 5.73 Å². The van der Waals surface area contributed by atoms with Crippen LogP contribution in [-0.2, 0) is 21.5 Å². The smallest absolute Gasteiger partial charge is 0.240 e. The van der Waals surface area contributed by atoms with Crippen molar-refractivity contribution in [1.29, 1.82) is 5.26 Å². The zero-order valence-electron chi connectivity index (χ0n) is 19.4. The second kappa shape index (κ2) is 8.40. The number of halogens is 1. The zero-order chi connectivity index (χ0) is 25.1. The molecular weight excluding hydrogens is 481 g/mol. The number of nitriles is 1. The Hall–Kier alpha value is -3.26. The van der Waals surface area contributed by atoms with Gasteiger partial charge >= 0.3 is 0 Å². The van der Waals surface area contributed by atoms with E-state index in [0.29, 0.717) is 48.9 Å². The monoisotopic (exact) mass is 505 g/mol. The van der Waals surface area contributed by atoms with Crippen LogP contribution in [0.25, 0.3) is 11.9 Å². The van der Waals surface area contributed by atoms with Crippen molar-refractivity contribution in [3.05, 3.63) is 64.5 Å². The minimum absolute atomic E-state index is 0.0143. The number of ether oxygens (including phenoxy) is 1. The van der Waals surface area contributed by atoms with E-state index in [1.165, 1.54) is 36.2 Å². The number of rotatable bonds is 4. The number of thioether (sulfide) groups is 1. The van der Waals surface area contributed by atoms with Crippen molar-refractivity contribution >= 4 is 34.7 Å². The van der Waals surface area contributed by atoms with E-state index in [0.717, 1.165) is 11.1 Å². The fourth-order valence-electron chi connectivity index (χ4n) is 5.74. The standard InChI is InChI=1S/C26H24FN5O3S/c27-20(21-4-2-16(11-28)12-30-21)8-15-1-3-17-9-25(19(17)7-15)22-10-26(22,36-24(29)31-25)23(34)32-5-6-35-14-18(32)13-33/h1-4,7-8,12,18,22,33H,5-6,9-10,13-14H2,(H2,29,31)/b20-8-/t18-,22-,25+,26-/m0/s1. The molecule has 36 heavy (non-hydrogen) atoms. The molecule has 1 spiro atoms. The molecule has 4 aliphatic rings. The maximum absolute atomic E-state index is 14.9. The summed E-state index contributed by atoms with van der Waals surface area (Å²) in [6.07, 6.45) is 4.08. The lowest BCUT2D eigenvalue weighted by atomic mass is 9.66. The number of aromatic nitrogens is 1. The first kappa shape index (κ1) is 23.2. The molecule has 1 saturated heterocycles. The fraction of sp³-hybridized carbons (Fsp3) is 0.385. The van der Waals surface area contributed by atoms with Gasteiger partial charge in [0.15, 0.2) is 5.17 Å². The number of morpholine rings is 1. The highest BCUT2D eigenvalue weighted by Gasteiger charge is 2.74. The van der Waals surface area contributed by atoms with E-state index >= 15 is 0 Å². The van der Waals surface area contributed by atoms with Crippen LogP contribution in [-0.4, -0.2) is 63.2 Å². The molecule has 1 amide bonds. The molecule has 8 nitrogen and oxygen atoms in total. The van der Waals surface area contributed by atoms with Gasteiger partial charge in [0.2, 0.25) is 5.91 Å². The Labute approximate surface area is 211 Å². The molecule has 2 fully saturated rings. The van der Waals surface area contributed by atoms with Crippen LogP contribution in [0.3, 0.4) is 0 Å². The predicted octanol–water partition coefficient (Wildman–Crippen LogP) is 2.21. The highest BCUT2D eigenvalue weighted by Crippen LogP contribution is 2.70. The van der Waals surface area contributed by atoms with Crippen molar-refractivity contribution in [1.82, 2.24) is 9.88 Å². The molecule has 4 atom stereocenters. The van der Waals surface area contributed by atoms with Crippen LogP contribution in [0, 0.1) is 17.2 Å². The van der Waals surface area contributed by atoms with Gasteiger partial charge < -0.3 is 20.5 Å². The molecule has 1 aromatic heterocycles. The second-order valence-corrected chi connectivity index (χ2v) is 11.0. The molecule has 3 N–H and O–H groups in total. The number of fused-ring (bicyclic) bond motifs is 4. The number of aliphatic hydroxyl groups excluding tert-OH is 1. The average molecular weight is 506 g/mol. The normalized spacial score (nSPS) is 30.5. The Morgan fingerprint density at radius 2 is 2.28 bits per heavy atom. The minimum atomic E-state index is -0.697. The molecule has 184 valence electrons. The van der Waals surface area contributed by atoms with Crippen molar-refractivity contribution in [3.63, 3.8) is 0 Å². The summed E-state index contributed by atoms with van der Waals surface area (Å²) >= 11 is 1.33. The Bertz CT molecular complexity index is 1360. The van der Waals surface area contributed by atoms with E-state index in [9.17, 15) is 14.3 Å². The first-order valence-electron chi connectivity index (χ1n) is 11.8.